The van der Waals surface area contributed by atoms with E-state index in [0.717, 1.165) is 17.7 Å². The van der Waals surface area contributed by atoms with Crippen LogP contribution in [0.2, 0.25) is 0 Å². The molecule has 0 saturated heterocycles. The van der Waals surface area contributed by atoms with E-state index >= 15 is 0 Å². The molecule has 1 N–H and O–H groups in total. The molecule has 1 unspecified atom stereocenters. The number of nitriles is 1. The summed E-state index contributed by atoms with van der Waals surface area (Å²) < 4.78 is 17.1. The van der Waals surface area contributed by atoms with E-state index in [0.29, 0.717) is 41.9 Å². The highest BCUT2D eigenvalue weighted by Crippen LogP contribution is 2.29. The number of nitrogens with one attached hydrogen (secondary N) is 1. The molecule has 0 radical (unpaired) electrons. The number of amides is 1. The van der Waals surface area contributed by atoms with Crippen LogP contribution in [-0.4, -0.2) is 26.2 Å². The lowest BCUT2D eigenvalue weighted by Gasteiger charge is -2.13. The van der Waals surface area contributed by atoms with Crippen LogP contribution in [0.4, 0.5) is 5.69 Å². The van der Waals surface area contributed by atoms with E-state index in [2.05, 4.69) is 31.3 Å². The van der Waals surface area contributed by atoms with Gasteiger partial charge >= 0.3 is 0 Å². The zero-order valence-electron chi connectivity index (χ0n) is 21.2. The van der Waals surface area contributed by atoms with E-state index in [1.165, 1.54) is 11.6 Å². The standard InChI is InChI=1S/C30H32N2O4/c1-5-22(3)24-10-12-27(13-11-24)35-15-16-36-28-14-9-23(19-29(28)34-4)18-25(20-31)30(33)32-26-8-6-7-21(2)17-26/h6-14,17-19,22H,5,15-16H2,1-4H3,(H,32,33). The predicted molar refractivity (Wildman–Crippen MR) is 143 cm³/mol. The first kappa shape index (κ1) is 26.4. The molecule has 3 aromatic carbocycles. The van der Waals surface area contributed by atoms with Gasteiger partial charge in [-0.05, 0) is 78.4 Å². The van der Waals surface area contributed by atoms with E-state index in [4.69, 9.17) is 14.2 Å². The Kier molecular flexibility index (Phi) is 9.53. The molecule has 1 amide bonds. The largest absolute Gasteiger partial charge is 0.493 e. The first-order chi connectivity index (χ1) is 17.4. The molecule has 0 heterocycles. The lowest BCUT2D eigenvalue weighted by Crippen LogP contribution is -2.13. The van der Waals surface area contributed by atoms with Crippen molar-refractivity contribution in [3.8, 4) is 23.3 Å². The van der Waals surface area contributed by atoms with Crippen LogP contribution in [0.3, 0.4) is 0 Å². The monoisotopic (exact) mass is 484 g/mol. The summed E-state index contributed by atoms with van der Waals surface area (Å²) in [7, 11) is 1.54. The maximum absolute atomic E-state index is 12.6. The summed E-state index contributed by atoms with van der Waals surface area (Å²) in [6.45, 7) is 7.03. The summed E-state index contributed by atoms with van der Waals surface area (Å²) in [6.07, 6.45) is 2.62. The molecule has 1 atom stereocenters. The van der Waals surface area contributed by atoms with Crippen molar-refractivity contribution in [1.82, 2.24) is 0 Å². The first-order valence-electron chi connectivity index (χ1n) is 12.0. The number of aryl methyl sites for hydroxylation is 1. The molecule has 36 heavy (non-hydrogen) atoms. The number of carbonyl (C=O) groups excluding carboxylic acids is 1. The van der Waals surface area contributed by atoms with Gasteiger partial charge in [0.05, 0.1) is 7.11 Å². The maximum Gasteiger partial charge on any atom is 0.266 e. The van der Waals surface area contributed by atoms with Crippen LogP contribution >= 0.6 is 0 Å². The summed E-state index contributed by atoms with van der Waals surface area (Å²) in [5, 5.41) is 12.3. The number of methoxy groups -OCH3 is 1. The Morgan fingerprint density at radius 1 is 1.03 bits per heavy atom. The quantitative estimate of drug-likeness (QED) is 0.190. The number of hydrogen-bond donors (Lipinski definition) is 1. The van der Waals surface area contributed by atoms with Gasteiger partial charge in [0.25, 0.3) is 5.91 Å². The van der Waals surface area contributed by atoms with Crippen LogP contribution in [0.1, 0.15) is 42.9 Å². The van der Waals surface area contributed by atoms with E-state index in [1.54, 1.807) is 31.4 Å². The fraction of sp³-hybridized carbons (Fsp3) is 0.267. The molecule has 6 heteroatoms. The van der Waals surface area contributed by atoms with Gasteiger partial charge in [0.15, 0.2) is 11.5 Å². The van der Waals surface area contributed by atoms with Gasteiger partial charge in [0, 0.05) is 5.69 Å². The number of carbonyl (C=O) groups is 1. The minimum atomic E-state index is -0.475. The second-order valence-electron chi connectivity index (χ2n) is 8.48. The normalized spacial score (nSPS) is 11.8. The number of anilines is 1. The maximum atomic E-state index is 12.6. The molecule has 0 bridgehead atoms. The van der Waals surface area contributed by atoms with E-state index < -0.39 is 5.91 Å². The van der Waals surface area contributed by atoms with Gasteiger partial charge in [-0.1, -0.05) is 44.2 Å². The molecule has 3 aromatic rings. The van der Waals surface area contributed by atoms with Crippen molar-refractivity contribution in [3.05, 3.63) is 89.0 Å². The van der Waals surface area contributed by atoms with Gasteiger partial charge in [-0.2, -0.15) is 5.26 Å². The molecule has 186 valence electrons. The zero-order valence-corrected chi connectivity index (χ0v) is 21.2. The minimum Gasteiger partial charge on any atom is -0.493 e. The highest BCUT2D eigenvalue weighted by atomic mass is 16.5. The van der Waals surface area contributed by atoms with Crippen LogP contribution in [0, 0.1) is 18.3 Å². The zero-order chi connectivity index (χ0) is 25.9. The van der Waals surface area contributed by atoms with Gasteiger partial charge in [0.2, 0.25) is 0 Å². The summed E-state index contributed by atoms with van der Waals surface area (Å²) >= 11 is 0. The summed E-state index contributed by atoms with van der Waals surface area (Å²) in [5.74, 6) is 1.90. The summed E-state index contributed by atoms with van der Waals surface area (Å²) in [5.41, 5.74) is 3.58. The highest BCUT2D eigenvalue weighted by molar-refractivity contribution is 6.09. The van der Waals surface area contributed by atoms with Gasteiger partial charge in [-0.15, -0.1) is 0 Å². The fourth-order valence-electron chi connectivity index (χ4n) is 3.57. The minimum absolute atomic E-state index is 0.0139. The van der Waals surface area contributed by atoms with Gasteiger partial charge in [-0.3, -0.25) is 4.79 Å². The second-order valence-corrected chi connectivity index (χ2v) is 8.48. The molecule has 0 spiro atoms. The van der Waals surface area contributed by atoms with Crippen molar-refractivity contribution in [2.24, 2.45) is 0 Å². The molecule has 0 aliphatic heterocycles. The predicted octanol–water partition coefficient (Wildman–Crippen LogP) is 6.52. The number of rotatable bonds is 11. The fourth-order valence-corrected chi connectivity index (χ4v) is 3.57. The molecular formula is C30H32N2O4. The third-order valence-electron chi connectivity index (χ3n) is 5.81. The molecule has 0 aliphatic carbocycles. The number of hydrogen-bond acceptors (Lipinski definition) is 5. The molecule has 0 aromatic heterocycles. The molecular weight excluding hydrogens is 452 g/mol. The van der Waals surface area contributed by atoms with Crippen molar-refractivity contribution >= 4 is 17.7 Å². The Balaban J connectivity index is 1.59. The average molecular weight is 485 g/mol. The topological polar surface area (TPSA) is 80.6 Å². The second kappa shape index (κ2) is 13.0. The van der Waals surface area contributed by atoms with Crippen LogP contribution < -0.4 is 19.5 Å². The molecule has 0 aliphatic rings. The van der Waals surface area contributed by atoms with Gasteiger partial charge in [-0.25, -0.2) is 0 Å². The Morgan fingerprint density at radius 3 is 2.44 bits per heavy atom. The number of benzene rings is 3. The molecule has 0 fully saturated rings. The Morgan fingerprint density at radius 2 is 1.78 bits per heavy atom. The van der Waals surface area contributed by atoms with Crippen LogP contribution in [0.25, 0.3) is 6.08 Å². The van der Waals surface area contributed by atoms with Crippen LogP contribution in [0.5, 0.6) is 17.2 Å². The van der Waals surface area contributed by atoms with Gasteiger partial charge in [0.1, 0.15) is 30.6 Å². The van der Waals surface area contributed by atoms with Gasteiger partial charge < -0.3 is 19.5 Å². The Labute approximate surface area is 213 Å². The Bertz CT molecular complexity index is 1240. The summed E-state index contributed by atoms with van der Waals surface area (Å²) in [4.78, 5) is 12.6. The van der Waals surface area contributed by atoms with E-state index in [9.17, 15) is 10.1 Å². The SMILES string of the molecule is CCC(C)c1ccc(OCCOc2ccc(C=C(C#N)C(=O)Nc3cccc(C)c3)cc2OC)cc1. The average Bonchev–Trinajstić information content (AvgIpc) is 2.89. The smallest absolute Gasteiger partial charge is 0.266 e. The Hall–Kier alpha value is -4.24. The van der Waals surface area contributed by atoms with Crippen molar-refractivity contribution in [2.45, 2.75) is 33.1 Å². The van der Waals surface area contributed by atoms with Crippen molar-refractivity contribution < 1.29 is 19.0 Å². The van der Waals surface area contributed by atoms with Crippen LogP contribution in [-0.2, 0) is 4.79 Å². The van der Waals surface area contributed by atoms with Crippen LogP contribution in [0.15, 0.2) is 72.3 Å². The molecule has 6 nitrogen and oxygen atoms in total. The third-order valence-corrected chi connectivity index (χ3v) is 5.81. The molecule has 0 saturated carbocycles. The van der Waals surface area contributed by atoms with E-state index in [-0.39, 0.29) is 5.57 Å². The summed E-state index contributed by atoms with van der Waals surface area (Å²) in [6, 6.07) is 22.7. The molecule has 3 rings (SSSR count). The van der Waals surface area contributed by atoms with E-state index in [1.807, 2.05) is 43.3 Å². The van der Waals surface area contributed by atoms with Crippen molar-refractivity contribution in [1.29, 1.82) is 5.26 Å². The lowest BCUT2D eigenvalue weighted by atomic mass is 9.99. The first-order valence-corrected chi connectivity index (χ1v) is 12.0. The lowest BCUT2D eigenvalue weighted by molar-refractivity contribution is -0.112. The van der Waals surface area contributed by atoms with Crippen molar-refractivity contribution in [2.75, 3.05) is 25.6 Å². The third kappa shape index (κ3) is 7.38. The van der Waals surface area contributed by atoms with Crippen molar-refractivity contribution in [3.63, 3.8) is 0 Å². The number of nitrogens with zero attached hydrogens (tertiary/aromatic N) is 1. The highest BCUT2D eigenvalue weighted by Gasteiger charge is 2.12. The number of ether oxygens (including phenoxy) is 3.